The Balaban J connectivity index is 2.15. The molecule has 1 aromatic heterocycles. The van der Waals surface area contributed by atoms with E-state index in [2.05, 4.69) is 19.9 Å². The van der Waals surface area contributed by atoms with Crippen LogP contribution in [0.1, 0.15) is 12.7 Å². The third kappa shape index (κ3) is 3.05. The first-order chi connectivity index (χ1) is 8.58. The molecule has 1 saturated heterocycles. The number of aryl methyl sites for hydroxylation is 1. The van der Waals surface area contributed by atoms with Crippen molar-refractivity contribution in [3.8, 4) is 0 Å². The molecule has 0 bridgehead atoms. The average Bonchev–Trinajstić information content (AvgIpc) is 2.27. The van der Waals surface area contributed by atoms with E-state index in [0.717, 1.165) is 6.54 Å². The lowest BCUT2D eigenvalue weighted by Crippen LogP contribution is -2.49. The Morgan fingerprint density at radius 2 is 2.17 bits per heavy atom. The van der Waals surface area contributed by atoms with Crippen LogP contribution in [0.15, 0.2) is 0 Å². The number of nitrogens with zero attached hydrogens (tertiary/aromatic N) is 4. The first-order valence-electron chi connectivity index (χ1n) is 5.96. The summed E-state index contributed by atoms with van der Waals surface area (Å²) in [5.74, 6) is 1.48. The van der Waals surface area contributed by atoms with Crippen molar-refractivity contribution in [1.29, 1.82) is 0 Å². The number of morpholine rings is 1. The van der Waals surface area contributed by atoms with Gasteiger partial charge >= 0.3 is 0 Å². The summed E-state index contributed by atoms with van der Waals surface area (Å²) in [7, 11) is 1.66. The molecule has 2 N–H and O–H groups in total. The normalized spacial score (nSPS) is 24.3. The molecule has 1 aliphatic rings. The number of ether oxygens (including phenoxy) is 2. The van der Waals surface area contributed by atoms with E-state index >= 15 is 0 Å². The summed E-state index contributed by atoms with van der Waals surface area (Å²) in [5.41, 5.74) is 5.65. The van der Waals surface area contributed by atoms with Gasteiger partial charge in [-0.3, -0.25) is 0 Å². The molecular formula is C11H19N5O2. The number of hydrogen-bond acceptors (Lipinski definition) is 7. The molecule has 0 radical (unpaired) electrons. The highest BCUT2D eigenvalue weighted by molar-refractivity contribution is 5.35. The highest BCUT2D eigenvalue weighted by atomic mass is 16.5. The van der Waals surface area contributed by atoms with Crippen LogP contribution in [0.4, 0.5) is 11.9 Å². The van der Waals surface area contributed by atoms with Crippen molar-refractivity contribution < 1.29 is 9.47 Å². The first-order valence-corrected chi connectivity index (χ1v) is 5.96. The number of nitrogen functional groups attached to an aromatic ring is 1. The van der Waals surface area contributed by atoms with E-state index in [9.17, 15) is 0 Å². The van der Waals surface area contributed by atoms with Gasteiger partial charge in [0.15, 0.2) is 0 Å². The van der Waals surface area contributed by atoms with E-state index in [4.69, 9.17) is 15.2 Å². The molecule has 7 heteroatoms. The van der Waals surface area contributed by atoms with Crippen molar-refractivity contribution in [1.82, 2.24) is 15.0 Å². The van der Waals surface area contributed by atoms with Gasteiger partial charge in [0.2, 0.25) is 11.9 Å². The van der Waals surface area contributed by atoms with Gasteiger partial charge in [0.25, 0.3) is 0 Å². The zero-order valence-corrected chi connectivity index (χ0v) is 11.0. The molecule has 18 heavy (non-hydrogen) atoms. The van der Waals surface area contributed by atoms with Crippen molar-refractivity contribution in [3.05, 3.63) is 5.82 Å². The number of rotatable bonds is 3. The summed E-state index contributed by atoms with van der Waals surface area (Å²) in [5, 5.41) is 0. The number of hydrogen-bond donors (Lipinski definition) is 1. The van der Waals surface area contributed by atoms with Crippen LogP contribution in [0.2, 0.25) is 0 Å². The molecule has 0 aromatic carbocycles. The molecule has 0 amide bonds. The van der Waals surface area contributed by atoms with Gasteiger partial charge in [-0.1, -0.05) is 0 Å². The highest BCUT2D eigenvalue weighted by Gasteiger charge is 2.27. The summed E-state index contributed by atoms with van der Waals surface area (Å²) in [6.45, 7) is 5.81. The zero-order valence-electron chi connectivity index (χ0n) is 11.0. The standard InChI is InChI=1S/C11H19N5O2/c1-7-4-16(5-9(18-7)6-17-3)11-14-8(2)13-10(12)15-11/h7,9H,4-6H2,1-3H3,(H2,12,13,14,15). The van der Waals surface area contributed by atoms with Crippen LogP contribution >= 0.6 is 0 Å². The maximum absolute atomic E-state index is 5.77. The SMILES string of the molecule is COCC1CN(c2nc(C)nc(N)n2)CC(C)O1. The Hall–Kier alpha value is -1.47. The predicted octanol–water partition coefficient (Wildman–Crippen LogP) is 0.00232. The Bertz CT molecular complexity index is 394. The van der Waals surface area contributed by atoms with Gasteiger partial charge in [0.05, 0.1) is 18.8 Å². The zero-order chi connectivity index (χ0) is 13.1. The minimum absolute atomic E-state index is 0.0250. The Kier molecular flexibility index (Phi) is 3.93. The molecular weight excluding hydrogens is 234 g/mol. The summed E-state index contributed by atoms with van der Waals surface area (Å²) < 4.78 is 10.9. The Labute approximate surface area is 106 Å². The quantitative estimate of drug-likeness (QED) is 0.811. The van der Waals surface area contributed by atoms with E-state index in [-0.39, 0.29) is 18.2 Å². The monoisotopic (exact) mass is 253 g/mol. The van der Waals surface area contributed by atoms with Crippen molar-refractivity contribution in [3.63, 3.8) is 0 Å². The molecule has 1 fully saturated rings. The molecule has 2 atom stereocenters. The number of nitrogens with two attached hydrogens (primary N) is 1. The number of aromatic nitrogens is 3. The van der Waals surface area contributed by atoms with E-state index in [1.807, 2.05) is 6.92 Å². The van der Waals surface area contributed by atoms with Gasteiger partial charge in [0, 0.05) is 20.2 Å². The lowest BCUT2D eigenvalue weighted by molar-refractivity contribution is -0.0514. The fraction of sp³-hybridized carbons (Fsp3) is 0.727. The molecule has 0 saturated carbocycles. The van der Waals surface area contributed by atoms with Gasteiger partial charge in [-0.15, -0.1) is 0 Å². The van der Waals surface area contributed by atoms with E-state index in [1.165, 1.54) is 0 Å². The summed E-state index contributed by atoms with van der Waals surface area (Å²) in [6.07, 6.45) is 0.134. The van der Waals surface area contributed by atoms with Gasteiger partial charge in [-0.05, 0) is 13.8 Å². The fourth-order valence-electron chi connectivity index (χ4n) is 2.12. The Morgan fingerprint density at radius 3 is 2.83 bits per heavy atom. The molecule has 2 unspecified atom stereocenters. The molecule has 0 aliphatic carbocycles. The number of methoxy groups -OCH3 is 1. The molecule has 1 aromatic rings. The summed E-state index contributed by atoms with van der Waals surface area (Å²) in [6, 6.07) is 0. The van der Waals surface area contributed by atoms with Gasteiger partial charge in [-0.25, -0.2) is 0 Å². The van der Waals surface area contributed by atoms with Crippen LogP contribution in [0.25, 0.3) is 0 Å². The van der Waals surface area contributed by atoms with Crippen molar-refractivity contribution in [2.45, 2.75) is 26.1 Å². The third-order valence-electron chi connectivity index (χ3n) is 2.71. The second-order valence-electron chi connectivity index (χ2n) is 4.47. The van der Waals surface area contributed by atoms with Gasteiger partial charge in [-0.2, -0.15) is 15.0 Å². The van der Waals surface area contributed by atoms with Crippen LogP contribution in [0.5, 0.6) is 0 Å². The molecule has 1 aliphatic heterocycles. The van der Waals surface area contributed by atoms with Crippen LogP contribution < -0.4 is 10.6 Å². The van der Waals surface area contributed by atoms with Crippen molar-refractivity contribution in [2.75, 3.05) is 37.4 Å². The second kappa shape index (κ2) is 5.45. The minimum atomic E-state index is 0.0250. The summed E-state index contributed by atoms with van der Waals surface area (Å²) in [4.78, 5) is 14.5. The first kappa shape index (κ1) is 13.0. The second-order valence-corrected chi connectivity index (χ2v) is 4.47. The largest absolute Gasteiger partial charge is 0.382 e. The molecule has 0 spiro atoms. The maximum Gasteiger partial charge on any atom is 0.230 e. The van der Waals surface area contributed by atoms with E-state index in [0.29, 0.717) is 24.9 Å². The van der Waals surface area contributed by atoms with Crippen LogP contribution in [0.3, 0.4) is 0 Å². The third-order valence-corrected chi connectivity index (χ3v) is 2.71. The van der Waals surface area contributed by atoms with Gasteiger partial charge in [0.1, 0.15) is 5.82 Å². The minimum Gasteiger partial charge on any atom is -0.382 e. The van der Waals surface area contributed by atoms with E-state index < -0.39 is 0 Å². The fourth-order valence-corrected chi connectivity index (χ4v) is 2.12. The molecule has 2 heterocycles. The molecule has 7 nitrogen and oxygen atoms in total. The van der Waals surface area contributed by atoms with Crippen LogP contribution in [-0.4, -0.2) is 54.0 Å². The number of anilines is 2. The maximum atomic E-state index is 5.77. The van der Waals surface area contributed by atoms with Crippen molar-refractivity contribution >= 4 is 11.9 Å². The van der Waals surface area contributed by atoms with Crippen LogP contribution in [0, 0.1) is 6.92 Å². The predicted molar refractivity (Wildman–Crippen MR) is 67.4 cm³/mol. The lowest BCUT2D eigenvalue weighted by atomic mass is 10.2. The average molecular weight is 253 g/mol. The van der Waals surface area contributed by atoms with Crippen LogP contribution in [-0.2, 0) is 9.47 Å². The van der Waals surface area contributed by atoms with E-state index in [1.54, 1.807) is 14.0 Å². The lowest BCUT2D eigenvalue weighted by Gasteiger charge is -2.36. The Morgan fingerprint density at radius 1 is 1.39 bits per heavy atom. The van der Waals surface area contributed by atoms with Crippen molar-refractivity contribution in [2.24, 2.45) is 0 Å². The highest BCUT2D eigenvalue weighted by Crippen LogP contribution is 2.17. The summed E-state index contributed by atoms with van der Waals surface area (Å²) >= 11 is 0. The smallest absolute Gasteiger partial charge is 0.230 e. The van der Waals surface area contributed by atoms with Gasteiger partial charge < -0.3 is 20.1 Å². The molecule has 100 valence electrons. The topological polar surface area (TPSA) is 86.4 Å². The molecule has 2 rings (SSSR count).